The largest absolute Gasteiger partial charge is 0.542 e. The van der Waals surface area contributed by atoms with Gasteiger partial charge >= 0.3 is 29.0 Å². The Morgan fingerprint density at radius 1 is 1.03 bits per heavy atom. The molecule has 0 aliphatic carbocycles. The third-order valence-electron chi connectivity index (χ3n) is 13.1. The second-order valence-corrected chi connectivity index (χ2v) is 20.1. The van der Waals surface area contributed by atoms with Gasteiger partial charge in [0.15, 0.2) is 29.0 Å². The third-order valence-corrected chi connectivity index (χ3v) is 15.6. The first-order valence-electron chi connectivity index (χ1n) is 23.2. The highest BCUT2D eigenvalue weighted by Gasteiger charge is 2.56. The number of benzene rings is 3. The van der Waals surface area contributed by atoms with Crippen LogP contribution in [-0.4, -0.2) is 165 Å². The van der Waals surface area contributed by atoms with Gasteiger partial charge in [-0.2, -0.15) is 0 Å². The summed E-state index contributed by atoms with van der Waals surface area (Å²) in [7, 11) is 3.33. The van der Waals surface area contributed by atoms with Gasteiger partial charge in [0.05, 0.1) is 62.0 Å². The summed E-state index contributed by atoms with van der Waals surface area (Å²) in [6.45, 7) is 4.97. The van der Waals surface area contributed by atoms with Crippen molar-refractivity contribution in [2.45, 2.75) is 56.4 Å². The van der Waals surface area contributed by atoms with Crippen LogP contribution in [0, 0.1) is 6.92 Å². The normalized spacial score (nSPS) is 20.4. The van der Waals surface area contributed by atoms with Gasteiger partial charge in [-0.05, 0) is 54.4 Å². The van der Waals surface area contributed by atoms with E-state index in [4.69, 9.17) is 40.0 Å². The van der Waals surface area contributed by atoms with E-state index in [-0.39, 0.29) is 78.9 Å². The van der Waals surface area contributed by atoms with Gasteiger partial charge in [0, 0.05) is 29.4 Å². The molecule has 0 unspecified atom stereocenters. The van der Waals surface area contributed by atoms with E-state index in [2.05, 4.69) is 20.1 Å². The molecule has 0 radical (unpaired) electrons. The van der Waals surface area contributed by atoms with Crippen LogP contribution in [0.5, 0.6) is 23.0 Å². The first-order valence-corrected chi connectivity index (χ1v) is 25.5. The lowest BCUT2D eigenvalue weighted by atomic mass is 9.80. The number of β-lactam (4-membered cyclic amide) rings is 1. The molecule has 3 saturated heterocycles. The van der Waals surface area contributed by atoms with Gasteiger partial charge in [-0.1, -0.05) is 41.0 Å². The summed E-state index contributed by atoms with van der Waals surface area (Å²) in [6, 6.07) is 17.0. The number of amides is 3. The minimum Gasteiger partial charge on any atom is -0.542 e. The number of aromatic nitrogens is 1. The summed E-state index contributed by atoms with van der Waals surface area (Å²) < 4.78 is 33.7. The molecule has 3 fully saturated rings. The maximum atomic E-state index is 14.5. The van der Waals surface area contributed by atoms with Crippen molar-refractivity contribution in [1.29, 1.82) is 0 Å². The number of oxime groups is 1. The number of hydrogen-bond donors (Lipinski definition) is 2. The van der Waals surface area contributed by atoms with Gasteiger partial charge < -0.3 is 57.6 Å². The predicted molar refractivity (Wildman–Crippen MR) is 274 cm³/mol. The van der Waals surface area contributed by atoms with Gasteiger partial charge in [-0.15, -0.1) is 23.1 Å². The number of halogens is 1. The Balaban J connectivity index is 0.960. The number of carbonyl (C=O) groups is 6. The van der Waals surface area contributed by atoms with Gasteiger partial charge in [0.1, 0.15) is 54.1 Å². The Morgan fingerprint density at radius 2 is 1.73 bits per heavy atom. The highest BCUT2D eigenvalue weighted by Crippen LogP contribution is 2.44. The lowest BCUT2D eigenvalue weighted by Gasteiger charge is -2.50. The molecule has 4 aliphatic heterocycles. The number of thiazole rings is 1. The minimum atomic E-state index is -1.35. The van der Waals surface area contributed by atoms with E-state index in [0.29, 0.717) is 77.2 Å². The molecule has 3 aromatic carbocycles. The average molecular weight is 1060 g/mol. The summed E-state index contributed by atoms with van der Waals surface area (Å²) in [5.41, 5.74) is 1.86. The standard InChI is InChI=1S/C47H50B3ClN6O14S2/c1-26-52-34(24-72-26)38(54-71-36(42(59)50-64)18-49-69-25-58)43(60)53-39-45(62)56-40(47(63)70-48)29(23-73-46(39)56)19-57-16-14-30(20-57)55(15-17-57)44(61)33-12-13-35(67-21-27-4-8-31(65-2)9-5-27)41(37(33)51)68-22-28-6-10-32(66-3)11-7-28/h4-13,24-25,30,36,39,46,49-50,64H,14-23,48H2,1-3H3/p+1/b54-38-/t30-,36-,39+,46+,57-/m0/s1. The van der Waals surface area contributed by atoms with Crippen LogP contribution in [-0.2, 0) is 51.3 Å². The predicted octanol–water partition coefficient (Wildman–Crippen LogP) is 1.67. The van der Waals surface area contributed by atoms with Crippen molar-refractivity contribution in [3.05, 3.63) is 110 Å². The number of nitrogens with zero attached hydrogens (tertiary/aromatic N) is 5. The topological polar surface area (TPSA) is 231 Å². The Bertz CT molecular complexity index is 2810. The smallest absolute Gasteiger partial charge is 0.353 e. The molecular weight excluding hydrogens is 1000 g/mol. The van der Waals surface area contributed by atoms with Crippen LogP contribution in [0.15, 0.2) is 82.5 Å². The number of quaternary nitrogens is 1. The Hall–Kier alpha value is -6.53. The summed E-state index contributed by atoms with van der Waals surface area (Å²) >= 11 is 9.73. The van der Waals surface area contributed by atoms with Crippen molar-refractivity contribution in [3.8, 4) is 23.0 Å². The Labute approximate surface area is 435 Å². The number of methoxy groups -OCH3 is 2. The van der Waals surface area contributed by atoms with Crippen LogP contribution in [0.1, 0.15) is 38.6 Å². The fourth-order valence-electron chi connectivity index (χ4n) is 9.26. The van der Waals surface area contributed by atoms with Gasteiger partial charge in [0.25, 0.3) is 24.2 Å². The molecule has 4 aromatic rings. The second kappa shape index (κ2) is 23.6. The fraction of sp³-hybridized carbons (Fsp3) is 0.362. The molecule has 0 saturated carbocycles. The molecule has 3 amide bonds. The molecule has 4 aliphatic rings. The molecule has 20 nitrogen and oxygen atoms in total. The van der Waals surface area contributed by atoms with E-state index in [1.54, 1.807) is 38.7 Å². The zero-order valence-electron chi connectivity index (χ0n) is 40.4. The molecule has 2 bridgehead atoms. The SMILES string of the molecule is BOC(=O)C1=C(C[N@@+]23CC[C@@H](C2)N(C(=O)c2ccc(OCc4ccc(OC)cc4)c(OCc4ccc(OC)cc4)c2Cl)CC3)CS[C@@H]2[C@H](NC(=O)/C(=N\O[C@@H](CBOC=O)C(=O)BO)c3csc(C)n3)C(=O)N12. The van der Waals surface area contributed by atoms with Crippen LogP contribution in [0.3, 0.4) is 0 Å². The summed E-state index contributed by atoms with van der Waals surface area (Å²) in [6.07, 6.45) is -0.818. The van der Waals surface area contributed by atoms with E-state index in [1.807, 2.05) is 53.4 Å². The van der Waals surface area contributed by atoms with Gasteiger partial charge in [-0.25, -0.2) is 9.78 Å². The number of aryl methyl sites for hydroxylation is 1. The molecule has 0 spiro atoms. The third kappa shape index (κ3) is 11.7. The van der Waals surface area contributed by atoms with Crippen molar-refractivity contribution >= 4 is 99.3 Å². The second-order valence-electron chi connectivity index (χ2n) is 17.6. The van der Waals surface area contributed by atoms with Crippen molar-refractivity contribution < 1.29 is 71.4 Å². The lowest BCUT2D eigenvalue weighted by Crippen LogP contribution is -2.71. The number of ether oxygens (including phenoxy) is 4. The van der Waals surface area contributed by atoms with E-state index >= 15 is 0 Å². The number of thioether (sulfide) groups is 1. The number of fused-ring (bicyclic) bond motifs is 3. The monoisotopic (exact) mass is 1060 g/mol. The molecule has 5 heterocycles. The maximum absolute atomic E-state index is 14.5. The quantitative estimate of drug-likeness (QED) is 0.0205. The van der Waals surface area contributed by atoms with Crippen LogP contribution in [0.2, 0.25) is 11.3 Å². The molecule has 73 heavy (non-hydrogen) atoms. The van der Waals surface area contributed by atoms with Crippen LogP contribution < -0.4 is 24.3 Å². The van der Waals surface area contributed by atoms with Crippen molar-refractivity contribution in [2.24, 2.45) is 5.16 Å². The fourth-order valence-corrected chi connectivity index (χ4v) is 11.5. The molecule has 5 atom stereocenters. The minimum absolute atomic E-state index is 0.114. The van der Waals surface area contributed by atoms with Crippen molar-refractivity contribution in [3.63, 3.8) is 0 Å². The van der Waals surface area contributed by atoms with Gasteiger partial charge in [-0.3, -0.25) is 24.1 Å². The molecule has 2 N–H and O–H groups in total. The number of carbonyl (C=O) groups excluding carboxylic acids is 6. The molecule has 8 rings (SSSR count). The van der Waals surface area contributed by atoms with E-state index < -0.39 is 48.5 Å². The van der Waals surface area contributed by atoms with Crippen LogP contribution in [0.4, 0.5) is 0 Å². The first-order chi connectivity index (χ1) is 35.3. The molecule has 1 aromatic heterocycles. The zero-order chi connectivity index (χ0) is 51.8. The maximum Gasteiger partial charge on any atom is 0.353 e. The number of rotatable bonds is 23. The van der Waals surface area contributed by atoms with Crippen LogP contribution >= 0.6 is 34.7 Å². The molecule has 380 valence electrons. The number of piperazine rings is 1. The zero-order valence-corrected chi connectivity index (χ0v) is 42.8. The highest BCUT2D eigenvalue weighted by molar-refractivity contribution is 8.00. The molecule has 26 heteroatoms. The average Bonchev–Trinajstić information content (AvgIpc) is 3.99. The van der Waals surface area contributed by atoms with Crippen LogP contribution in [0.25, 0.3) is 0 Å². The lowest BCUT2D eigenvalue weighted by molar-refractivity contribution is -0.916. The Morgan fingerprint density at radius 3 is 2.36 bits per heavy atom. The van der Waals surface area contributed by atoms with E-state index in [9.17, 15) is 33.8 Å². The summed E-state index contributed by atoms with van der Waals surface area (Å²) in [5, 5.41) is 17.7. The Kier molecular flexibility index (Phi) is 17.0. The summed E-state index contributed by atoms with van der Waals surface area (Å²) in [5.74, 6) is 0.0507. The molecular formula is C47H51B3ClN6O14S2+. The highest BCUT2D eigenvalue weighted by atomic mass is 35.5. The van der Waals surface area contributed by atoms with Crippen molar-refractivity contribution in [2.75, 3.05) is 52.7 Å². The number of hydrogen-bond acceptors (Lipinski definition) is 18. The summed E-state index contributed by atoms with van der Waals surface area (Å²) in [4.78, 5) is 92.1. The van der Waals surface area contributed by atoms with E-state index in [1.165, 1.54) is 36.0 Å². The van der Waals surface area contributed by atoms with Gasteiger partial charge in [0.2, 0.25) is 0 Å². The number of nitrogens with one attached hydrogen (secondary N) is 1. The van der Waals surface area contributed by atoms with Crippen molar-refractivity contribution in [1.82, 2.24) is 20.1 Å². The first kappa shape index (κ1) is 52.8. The van der Waals surface area contributed by atoms with E-state index in [0.717, 1.165) is 11.1 Å².